The Hall–Kier alpha value is -2.07. The second kappa shape index (κ2) is 5.97. The third-order valence-electron chi connectivity index (χ3n) is 3.52. The average Bonchev–Trinajstić information content (AvgIpc) is 2.46. The van der Waals surface area contributed by atoms with Gasteiger partial charge in [-0.25, -0.2) is 13.8 Å². The van der Waals surface area contributed by atoms with Crippen molar-refractivity contribution < 1.29 is 13.9 Å². The van der Waals surface area contributed by atoms with Crippen LogP contribution in [0, 0.1) is 11.6 Å². The van der Waals surface area contributed by atoms with Crippen molar-refractivity contribution in [3.63, 3.8) is 0 Å². The molecule has 1 heterocycles. The van der Waals surface area contributed by atoms with E-state index in [2.05, 4.69) is 11.6 Å². The summed E-state index contributed by atoms with van der Waals surface area (Å²) in [6, 6.07) is 6.96. The van der Waals surface area contributed by atoms with Gasteiger partial charge in [0.25, 0.3) is 0 Å². The summed E-state index contributed by atoms with van der Waals surface area (Å²) in [4.78, 5) is 4.31. The lowest BCUT2D eigenvalue weighted by Gasteiger charge is -2.21. The number of pyridine rings is 1. The van der Waals surface area contributed by atoms with Gasteiger partial charge in [-0.1, -0.05) is 13.5 Å². The zero-order valence-corrected chi connectivity index (χ0v) is 13.0. The van der Waals surface area contributed by atoms with Crippen molar-refractivity contribution in [3.8, 4) is 11.3 Å². The Kier molecular flexibility index (Phi) is 4.42. The number of nitrogens with zero attached hydrogens (tertiary/aromatic N) is 1. The lowest BCUT2D eigenvalue weighted by molar-refractivity contribution is 0.0745. The molecule has 2 nitrogen and oxygen atoms in total. The molecule has 1 N–H and O–H groups in total. The molecular weight excluding hydrogens is 284 g/mol. The van der Waals surface area contributed by atoms with Gasteiger partial charge in [0.1, 0.15) is 11.5 Å². The summed E-state index contributed by atoms with van der Waals surface area (Å²) in [6.45, 7) is 8.87. The van der Waals surface area contributed by atoms with Gasteiger partial charge in [-0.2, -0.15) is 0 Å². The lowest BCUT2D eigenvalue weighted by Crippen LogP contribution is -2.19. The van der Waals surface area contributed by atoms with E-state index in [1.165, 1.54) is 44.2 Å². The molecule has 1 aromatic carbocycles. The predicted molar refractivity (Wildman–Crippen MR) is 84.2 cm³/mol. The number of aromatic nitrogens is 1. The van der Waals surface area contributed by atoms with E-state index >= 15 is 0 Å². The molecule has 116 valence electrons. The molecule has 0 saturated heterocycles. The van der Waals surface area contributed by atoms with E-state index in [0.717, 1.165) is 5.57 Å². The van der Waals surface area contributed by atoms with E-state index in [1.807, 2.05) is 6.92 Å². The zero-order chi connectivity index (χ0) is 16.5. The molecule has 0 aliphatic carbocycles. The standard InChI is InChI=1S/C18H19F2NO/c1-5-11(2)15-10-14(18(3,4)22)16(20)17(21-15)12-6-8-13(19)9-7-12/h6-10,22H,2,5H2,1,3-4H3. The zero-order valence-electron chi connectivity index (χ0n) is 13.0. The number of halogens is 2. The van der Waals surface area contributed by atoms with Crippen LogP contribution in [-0.2, 0) is 5.60 Å². The summed E-state index contributed by atoms with van der Waals surface area (Å²) in [5.41, 5.74) is 0.602. The van der Waals surface area contributed by atoms with Gasteiger partial charge in [-0.15, -0.1) is 0 Å². The third-order valence-corrected chi connectivity index (χ3v) is 3.52. The summed E-state index contributed by atoms with van der Waals surface area (Å²) >= 11 is 0. The van der Waals surface area contributed by atoms with Crippen LogP contribution in [0.5, 0.6) is 0 Å². The number of hydrogen-bond donors (Lipinski definition) is 1. The van der Waals surface area contributed by atoms with Gasteiger partial charge in [0.15, 0.2) is 5.82 Å². The minimum absolute atomic E-state index is 0.0872. The SMILES string of the molecule is C=C(CC)c1cc(C(C)(C)O)c(F)c(-c2ccc(F)cc2)n1. The van der Waals surface area contributed by atoms with Gasteiger partial charge in [-0.05, 0) is 56.2 Å². The maximum Gasteiger partial charge on any atom is 0.155 e. The molecule has 0 aliphatic rings. The Labute approximate surface area is 129 Å². The fraction of sp³-hybridized carbons (Fsp3) is 0.278. The molecule has 0 bridgehead atoms. The molecule has 4 heteroatoms. The summed E-state index contributed by atoms with van der Waals surface area (Å²) in [7, 11) is 0. The highest BCUT2D eigenvalue weighted by Gasteiger charge is 2.25. The topological polar surface area (TPSA) is 33.1 Å². The Morgan fingerprint density at radius 3 is 2.32 bits per heavy atom. The Bertz CT molecular complexity index is 700. The van der Waals surface area contributed by atoms with E-state index in [9.17, 15) is 13.9 Å². The fourth-order valence-corrected chi connectivity index (χ4v) is 2.14. The van der Waals surface area contributed by atoms with Crippen molar-refractivity contribution in [1.29, 1.82) is 0 Å². The number of allylic oxidation sites excluding steroid dienone is 1. The molecule has 0 unspecified atom stereocenters. The molecule has 1 aromatic heterocycles. The minimum Gasteiger partial charge on any atom is -0.386 e. The van der Waals surface area contributed by atoms with Crippen molar-refractivity contribution in [3.05, 3.63) is 59.8 Å². The number of hydrogen-bond acceptors (Lipinski definition) is 2. The van der Waals surface area contributed by atoms with E-state index in [-0.39, 0.29) is 11.3 Å². The van der Waals surface area contributed by atoms with Gasteiger partial charge in [0.05, 0.1) is 11.3 Å². The number of rotatable bonds is 4. The van der Waals surface area contributed by atoms with Gasteiger partial charge < -0.3 is 5.11 Å². The molecule has 0 saturated carbocycles. The van der Waals surface area contributed by atoms with E-state index in [0.29, 0.717) is 17.7 Å². The fourth-order valence-electron chi connectivity index (χ4n) is 2.14. The van der Waals surface area contributed by atoms with Crippen LogP contribution >= 0.6 is 0 Å². The average molecular weight is 303 g/mol. The lowest BCUT2D eigenvalue weighted by atomic mass is 9.94. The molecule has 0 amide bonds. The summed E-state index contributed by atoms with van der Waals surface area (Å²) in [6.07, 6.45) is 0.660. The molecular formula is C18H19F2NO. The van der Waals surface area contributed by atoms with Crippen LogP contribution < -0.4 is 0 Å². The predicted octanol–water partition coefficient (Wildman–Crippen LogP) is 4.68. The Morgan fingerprint density at radius 2 is 1.82 bits per heavy atom. The van der Waals surface area contributed by atoms with Gasteiger partial charge >= 0.3 is 0 Å². The first-order valence-corrected chi connectivity index (χ1v) is 7.11. The largest absolute Gasteiger partial charge is 0.386 e. The molecule has 2 rings (SSSR count). The molecule has 0 atom stereocenters. The first-order valence-electron chi connectivity index (χ1n) is 7.11. The summed E-state index contributed by atoms with van der Waals surface area (Å²) in [5.74, 6) is -1.01. The van der Waals surface area contributed by atoms with Crippen LogP contribution in [0.25, 0.3) is 16.8 Å². The van der Waals surface area contributed by atoms with Crippen molar-refractivity contribution >= 4 is 5.57 Å². The molecule has 0 aliphatic heterocycles. The highest BCUT2D eigenvalue weighted by atomic mass is 19.1. The van der Waals surface area contributed by atoms with Crippen LogP contribution in [0.15, 0.2) is 36.9 Å². The van der Waals surface area contributed by atoms with Gasteiger partial charge in [0, 0.05) is 11.1 Å². The molecule has 2 aromatic rings. The maximum absolute atomic E-state index is 14.8. The quantitative estimate of drug-likeness (QED) is 0.889. The first-order chi connectivity index (χ1) is 10.2. The summed E-state index contributed by atoms with van der Waals surface area (Å²) in [5, 5.41) is 10.2. The summed E-state index contributed by atoms with van der Waals surface area (Å²) < 4.78 is 27.8. The van der Waals surface area contributed by atoms with Crippen LogP contribution in [0.4, 0.5) is 8.78 Å². The van der Waals surface area contributed by atoms with Crippen LogP contribution in [0.3, 0.4) is 0 Å². The number of aliphatic hydroxyl groups is 1. The van der Waals surface area contributed by atoms with Crippen molar-refractivity contribution in [2.45, 2.75) is 32.8 Å². The van der Waals surface area contributed by atoms with Crippen LogP contribution in [0.1, 0.15) is 38.4 Å². The first kappa shape index (κ1) is 16.3. The van der Waals surface area contributed by atoms with Crippen molar-refractivity contribution in [2.24, 2.45) is 0 Å². The van der Waals surface area contributed by atoms with Crippen molar-refractivity contribution in [1.82, 2.24) is 4.98 Å². The third kappa shape index (κ3) is 3.22. The molecule has 0 radical (unpaired) electrons. The van der Waals surface area contributed by atoms with E-state index in [4.69, 9.17) is 0 Å². The van der Waals surface area contributed by atoms with E-state index < -0.39 is 17.2 Å². The molecule has 0 fully saturated rings. The Morgan fingerprint density at radius 1 is 1.23 bits per heavy atom. The highest BCUT2D eigenvalue weighted by Crippen LogP contribution is 2.32. The van der Waals surface area contributed by atoms with Crippen LogP contribution in [-0.4, -0.2) is 10.1 Å². The van der Waals surface area contributed by atoms with Crippen LogP contribution in [0.2, 0.25) is 0 Å². The van der Waals surface area contributed by atoms with Gasteiger partial charge in [0.2, 0.25) is 0 Å². The maximum atomic E-state index is 14.8. The Balaban J connectivity index is 2.71. The monoisotopic (exact) mass is 303 g/mol. The highest BCUT2D eigenvalue weighted by molar-refractivity contribution is 5.67. The minimum atomic E-state index is -1.36. The van der Waals surface area contributed by atoms with Gasteiger partial charge in [-0.3, -0.25) is 0 Å². The van der Waals surface area contributed by atoms with Crippen molar-refractivity contribution in [2.75, 3.05) is 0 Å². The number of benzene rings is 1. The normalized spacial score (nSPS) is 11.5. The smallest absolute Gasteiger partial charge is 0.155 e. The second-order valence-electron chi connectivity index (χ2n) is 5.74. The molecule has 22 heavy (non-hydrogen) atoms. The molecule has 0 spiro atoms. The van der Waals surface area contributed by atoms with E-state index in [1.54, 1.807) is 0 Å². The second-order valence-corrected chi connectivity index (χ2v) is 5.74.